The van der Waals surface area contributed by atoms with E-state index in [0.717, 1.165) is 40.2 Å². The number of benzene rings is 4. The molecule has 2 atom stereocenters. The van der Waals surface area contributed by atoms with Crippen LogP contribution in [0.25, 0.3) is 0 Å². The first-order valence-electron chi connectivity index (χ1n) is 17.3. The molecule has 0 saturated carbocycles. The lowest BCUT2D eigenvalue weighted by Crippen LogP contribution is -2.20. The first-order chi connectivity index (χ1) is 25.2. The second-order valence-corrected chi connectivity index (χ2v) is 14.9. The zero-order valence-electron chi connectivity index (χ0n) is 32.0. The SMILES string of the molecule is CN(C)CCO.COc1cccc([C@@H](C)CC(=O)c2ccc(Br)cc2F)c1.COc1cccc([C@@H](C)CC(=O)c2ccc(Br)cc2OCCN(C)C)c1. The molecule has 1 N–H and O–H groups in total. The number of nitrogens with zero attached hydrogens (tertiary/aromatic N) is 2. The van der Waals surface area contributed by atoms with Crippen molar-refractivity contribution in [3.63, 3.8) is 0 Å². The van der Waals surface area contributed by atoms with Gasteiger partial charge >= 0.3 is 0 Å². The van der Waals surface area contributed by atoms with E-state index in [1.54, 1.807) is 20.3 Å². The monoisotopic (exact) mass is 858 g/mol. The maximum atomic E-state index is 13.8. The van der Waals surface area contributed by atoms with Gasteiger partial charge in [0, 0.05) is 34.9 Å². The first-order valence-corrected chi connectivity index (χ1v) is 18.9. The number of methoxy groups -OCH3 is 2. The summed E-state index contributed by atoms with van der Waals surface area (Å²) in [4.78, 5) is 29.1. The highest BCUT2D eigenvalue weighted by Crippen LogP contribution is 2.30. The van der Waals surface area contributed by atoms with Gasteiger partial charge in [-0.3, -0.25) is 9.59 Å². The first kappa shape index (κ1) is 45.5. The van der Waals surface area contributed by atoms with Crippen molar-refractivity contribution in [3.8, 4) is 17.2 Å². The fraction of sp³-hybridized carbons (Fsp3) is 0.381. The van der Waals surface area contributed by atoms with Crippen molar-refractivity contribution in [2.45, 2.75) is 38.5 Å². The molecule has 0 aliphatic heterocycles. The van der Waals surface area contributed by atoms with Crippen LogP contribution in [0, 0.1) is 5.82 Å². The minimum atomic E-state index is -0.493. The topological polar surface area (TPSA) is 88.5 Å². The fourth-order valence-electron chi connectivity index (χ4n) is 5.01. The molecule has 4 aromatic carbocycles. The lowest BCUT2D eigenvalue weighted by molar-refractivity contribution is 0.0963. The van der Waals surface area contributed by atoms with Gasteiger partial charge in [0.2, 0.25) is 0 Å². The van der Waals surface area contributed by atoms with Crippen LogP contribution < -0.4 is 14.2 Å². The van der Waals surface area contributed by atoms with Crippen LogP contribution in [0.2, 0.25) is 0 Å². The Morgan fingerprint density at radius 2 is 1.17 bits per heavy atom. The second kappa shape index (κ2) is 23.9. The van der Waals surface area contributed by atoms with Gasteiger partial charge < -0.3 is 29.1 Å². The summed E-state index contributed by atoms with van der Waals surface area (Å²) < 4.78 is 31.6. The summed E-state index contributed by atoms with van der Waals surface area (Å²) in [5.74, 6) is 1.66. The molecule has 0 aliphatic carbocycles. The summed E-state index contributed by atoms with van der Waals surface area (Å²) in [5, 5.41) is 8.20. The molecule has 0 spiro atoms. The van der Waals surface area contributed by atoms with Gasteiger partial charge in [0.15, 0.2) is 11.6 Å². The normalized spacial score (nSPS) is 11.8. The number of halogens is 3. The Labute approximate surface area is 331 Å². The number of Topliss-reactive ketones (excluding diaryl/α,β-unsaturated/α-hetero) is 2. The van der Waals surface area contributed by atoms with Gasteiger partial charge in [0.1, 0.15) is 29.7 Å². The zero-order chi connectivity index (χ0) is 39.5. The number of ketones is 2. The number of ether oxygens (including phenoxy) is 3. The molecule has 0 saturated heterocycles. The van der Waals surface area contributed by atoms with Crippen molar-refractivity contribution in [1.82, 2.24) is 9.80 Å². The summed E-state index contributed by atoms with van der Waals surface area (Å²) in [6.07, 6.45) is 0.671. The van der Waals surface area contributed by atoms with E-state index < -0.39 is 5.82 Å². The van der Waals surface area contributed by atoms with E-state index >= 15 is 0 Å². The Kier molecular flexibility index (Phi) is 20.6. The molecular weight excluding hydrogens is 807 g/mol. The summed E-state index contributed by atoms with van der Waals surface area (Å²) in [7, 11) is 11.1. The average Bonchev–Trinajstić information content (AvgIpc) is 3.12. The molecular formula is C42H53Br2FN2O6. The third-order valence-electron chi connectivity index (χ3n) is 8.13. The van der Waals surface area contributed by atoms with Crippen LogP contribution in [0.4, 0.5) is 4.39 Å². The van der Waals surface area contributed by atoms with E-state index in [0.29, 0.717) is 28.8 Å². The van der Waals surface area contributed by atoms with Gasteiger partial charge in [-0.2, -0.15) is 0 Å². The van der Waals surface area contributed by atoms with Crippen LogP contribution in [-0.4, -0.2) is 95.2 Å². The Hall–Kier alpha value is -3.61. The van der Waals surface area contributed by atoms with Crippen LogP contribution >= 0.6 is 31.9 Å². The minimum absolute atomic E-state index is 0.00403. The van der Waals surface area contributed by atoms with Crippen molar-refractivity contribution in [2.75, 3.05) is 68.7 Å². The van der Waals surface area contributed by atoms with Crippen molar-refractivity contribution >= 4 is 43.4 Å². The van der Waals surface area contributed by atoms with E-state index in [1.165, 1.54) is 12.1 Å². The van der Waals surface area contributed by atoms with E-state index in [-0.39, 0.29) is 42.0 Å². The second-order valence-electron chi connectivity index (χ2n) is 13.1. The Bertz CT molecular complexity index is 1740. The quantitative estimate of drug-likeness (QED) is 0.112. The summed E-state index contributed by atoms with van der Waals surface area (Å²) in [6, 6.07) is 25.5. The van der Waals surface area contributed by atoms with Crippen LogP contribution in [0.3, 0.4) is 0 Å². The number of hydrogen-bond acceptors (Lipinski definition) is 8. The van der Waals surface area contributed by atoms with Crippen LogP contribution in [-0.2, 0) is 0 Å². The molecule has 8 nitrogen and oxygen atoms in total. The number of rotatable bonds is 16. The van der Waals surface area contributed by atoms with Crippen LogP contribution in [0.5, 0.6) is 17.2 Å². The minimum Gasteiger partial charge on any atom is -0.497 e. The van der Waals surface area contributed by atoms with Crippen molar-refractivity contribution in [1.29, 1.82) is 0 Å². The van der Waals surface area contributed by atoms with E-state index in [2.05, 4.69) is 38.8 Å². The van der Waals surface area contributed by atoms with E-state index in [1.807, 2.05) is 112 Å². The van der Waals surface area contributed by atoms with Gasteiger partial charge in [-0.25, -0.2) is 4.39 Å². The molecule has 0 heterocycles. The molecule has 0 amide bonds. The third-order valence-corrected chi connectivity index (χ3v) is 9.11. The molecule has 0 aliphatic rings. The Morgan fingerprint density at radius 1 is 0.698 bits per heavy atom. The number of hydrogen-bond donors (Lipinski definition) is 1. The predicted molar refractivity (Wildman–Crippen MR) is 219 cm³/mol. The highest BCUT2D eigenvalue weighted by atomic mass is 79.9. The average molecular weight is 861 g/mol. The number of carbonyl (C=O) groups is 2. The van der Waals surface area contributed by atoms with Gasteiger partial charge in [-0.1, -0.05) is 70.0 Å². The maximum Gasteiger partial charge on any atom is 0.167 e. The molecule has 288 valence electrons. The Balaban J connectivity index is 0.000000323. The third kappa shape index (κ3) is 16.5. The predicted octanol–water partition coefficient (Wildman–Crippen LogP) is 9.29. The number of aliphatic hydroxyl groups is 1. The standard InChI is InChI=1S/C21H26BrNO3.C17H16BrFO2.C4H11NO/c1-15(16-6-5-7-18(13-16)25-4)12-20(24)19-9-8-17(22)14-21(19)26-11-10-23(2)3;1-11(12-4-3-5-14(9-12)21-2)8-17(20)15-7-6-13(18)10-16(15)19;1-5(2)3-4-6/h5-9,13-15H,10-12H2,1-4H3;3-7,9-11H,8H2,1-2H3;6H,3-4H2,1-2H3/t15-;11-;/m00./s1. The van der Waals surface area contributed by atoms with Crippen LogP contribution in [0.1, 0.15) is 70.4 Å². The number of aliphatic hydroxyl groups excluding tert-OH is 1. The van der Waals surface area contributed by atoms with Gasteiger partial charge in [-0.15, -0.1) is 0 Å². The maximum absolute atomic E-state index is 13.8. The molecule has 53 heavy (non-hydrogen) atoms. The molecule has 0 radical (unpaired) electrons. The molecule has 0 unspecified atom stereocenters. The molecule has 0 fully saturated rings. The summed E-state index contributed by atoms with van der Waals surface area (Å²) in [5.41, 5.74) is 2.85. The molecule has 0 aromatic heterocycles. The smallest absolute Gasteiger partial charge is 0.167 e. The highest BCUT2D eigenvalue weighted by molar-refractivity contribution is 9.10. The van der Waals surface area contributed by atoms with E-state index in [9.17, 15) is 14.0 Å². The van der Waals surface area contributed by atoms with Crippen molar-refractivity contribution in [3.05, 3.63) is 122 Å². The molecule has 0 bridgehead atoms. The molecule has 4 aromatic rings. The fourth-order valence-corrected chi connectivity index (χ4v) is 5.68. The highest BCUT2D eigenvalue weighted by Gasteiger charge is 2.19. The molecule has 11 heteroatoms. The largest absolute Gasteiger partial charge is 0.497 e. The van der Waals surface area contributed by atoms with E-state index in [4.69, 9.17) is 19.3 Å². The number of carbonyl (C=O) groups excluding carboxylic acids is 2. The van der Waals surface area contributed by atoms with Crippen molar-refractivity contribution in [2.24, 2.45) is 0 Å². The lowest BCUT2D eigenvalue weighted by atomic mass is 9.93. The molecule has 4 rings (SSSR count). The van der Waals surface area contributed by atoms with Crippen molar-refractivity contribution < 1.29 is 33.3 Å². The van der Waals surface area contributed by atoms with Gasteiger partial charge in [-0.05, 0) is 112 Å². The Morgan fingerprint density at radius 3 is 1.60 bits per heavy atom. The lowest BCUT2D eigenvalue weighted by Gasteiger charge is -2.16. The number of likely N-dealkylation sites (N-methyl/N-ethyl adjacent to an activating group) is 2. The van der Waals surface area contributed by atoms with Gasteiger partial charge in [0.05, 0.1) is 32.0 Å². The summed E-state index contributed by atoms with van der Waals surface area (Å²) in [6.45, 7) is 6.35. The van der Waals surface area contributed by atoms with Gasteiger partial charge in [0.25, 0.3) is 0 Å². The summed E-state index contributed by atoms with van der Waals surface area (Å²) >= 11 is 6.64. The zero-order valence-corrected chi connectivity index (χ0v) is 35.2. The van der Waals surface area contributed by atoms with Crippen LogP contribution in [0.15, 0.2) is 93.9 Å².